The molecule has 6 rings (SSSR count). The van der Waals surface area contributed by atoms with E-state index in [-0.39, 0.29) is 36.1 Å². The van der Waals surface area contributed by atoms with Gasteiger partial charge in [0.2, 0.25) is 11.8 Å². The molecule has 1 atom stereocenters. The van der Waals surface area contributed by atoms with Crippen molar-refractivity contribution in [1.29, 1.82) is 0 Å². The van der Waals surface area contributed by atoms with Crippen molar-refractivity contribution in [2.45, 2.75) is 89.6 Å². The summed E-state index contributed by atoms with van der Waals surface area (Å²) in [4.78, 5) is 48.8. The van der Waals surface area contributed by atoms with Crippen molar-refractivity contribution >= 4 is 45.0 Å². The molecule has 3 aromatic rings. The van der Waals surface area contributed by atoms with Crippen LogP contribution < -0.4 is 4.90 Å². The summed E-state index contributed by atoms with van der Waals surface area (Å²) in [5, 5.41) is 0.913. The molecule has 2 aliphatic carbocycles. The number of nitrogens with zero attached hydrogens (tertiary/aromatic N) is 3. The summed E-state index contributed by atoms with van der Waals surface area (Å²) < 4.78 is 1.14. The third kappa shape index (κ3) is 4.77. The molecule has 1 aromatic heterocycles. The molecule has 0 spiro atoms. The number of hydrogen-bond acceptors (Lipinski definition) is 5. The monoisotopic (exact) mass is 529 g/mol. The van der Waals surface area contributed by atoms with E-state index in [1.165, 1.54) is 23.3 Å². The van der Waals surface area contributed by atoms with Crippen LogP contribution in [-0.4, -0.2) is 39.7 Å². The molecular formula is C31H35N3O3S. The molecule has 0 bridgehead atoms. The molecule has 0 N–H and O–H groups in total. The van der Waals surface area contributed by atoms with Crippen molar-refractivity contribution in [2.24, 2.45) is 5.92 Å². The summed E-state index contributed by atoms with van der Waals surface area (Å²) >= 11 is 1.64. The van der Waals surface area contributed by atoms with E-state index in [1.807, 2.05) is 35.2 Å². The van der Waals surface area contributed by atoms with Gasteiger partial charge in [-0.1, -0.05) is 44.6 Å². The summed E-state index contributed by atoms with van der Waals surface area (Å²) in [7, 11) is 0. The Balaban J connectivity index is 1.25. The van der Waals surface area contributed by atoms with Gasteiger partial charge in [-0.2, -0.15) is 0 Å². The number of carbonyl (C=O) groups is 3. The maximum Gasteiger partial charge on any atom is 0.257 e. The summed E-state index contributed by atoms with van der Waals surface area (Å²) in [6.07, 6.45) is 10.3. The van der Waals surface area contributed by atoms with Crippen LogP contribution in [0.3, 0.4) is 0 Å². The number of fused-ring (bicyclic) bond motifs is 1. The molecule has 1 aliphatic heterocycles. The van der Waals surface area contributed by atoms with Gasteiger partial charge in [-0.3, -0.25) is 14.4 Å². The van der Waals surface area contributed by atoms with E-state index in [0.29, 0.717) is 5.69 Å². The Morgan fingerprint density at radius 3 is 2.32 bits per heavy atom. The molecule has 1 saturated heterocycles. The topological polar surface area (TPSA) is 70.6 Å². The molecule has 7 heteroatoms. The number of amides is 3. The molecule has 198 valence electrons. The highest BCUT2D eigenvalue weighted by Crippen LogP contribution is 2.36. The minimum Gasteiger partial charge on any atom is -0.327 e. The summed E-state index contributed by atoms with van der Waals surface area (Å²) in [5.74, 6) is -0.390. The smallest absolute Gasteiger partial charge is 0.257 e. The minimum absolute atomic E-state index is 0.0143. The number of carbonyl (C=O) groups excluding carboxylic acids is 3. The van der Waals surface area contributed by atoms with E-state index in [2.05, 4.69) is 19.1 Å². The van der Waals surface area contributed by atoms with Crippen LogP contribution in [-0.2, 0) is 14.4 Å². The van der Waals surface area contributed by atoms with Crippen LogP contribution in [0.15, 0.2) is 42.5 Å². The van der Waals surface area contributed by atoms with Gasteiger partial charge in [-0.05, 0) is 74.6 Å². The second-order valence-corrected chi connectivity index (χ2v) is 12.2. The number of benzene rings is 2. The highest BCUT2D eigenvalue weighted by molar-refractivity contribution is 7.21. The molecule has 3 fully saturated rings. The number of anilines is 1. The maximum atomic E-state index is 13.8. The molecule has 38 heavy (non-hydrogen) atoms. The van der Waals surface area contributed by atoms with Gasteiger partial charge in [0, 0.05) is 17.5 Å². The van der Waals surface area contributed by atoms with E-state index in [0.717, 1.165) is 72.2 Å². The summed E-state index contributed by atoms with van der Waals surface area (Å²) in [6, 6.07) is 13.1. The molecule has 3 aliphatic rings. The summed E-state index contributed by atoms with van der Waals surface area (Å²) in [5.41, 5.74) is 3.70. The van der Waals surface area contributed by atoms with Crippen LogP contribution in [0.4, 0.5) is 5.69 Å². The number of rotatable bonds is 5. The standard InChI is InChI=1S/C31H35N3O3S/c1-20-12-17-25-27(18-20)38-29(32-25)21-13-15-24(16-14-21)34-28(35)19-26(31(34)37)33(23-10-6-3-7-11-23)30(36)22-8-4-2-5-9-22/h12-18,22-23,26H,2-11,19H2,1H3. The SMILES string of the molecule is Cc1ccc2nc(-c3ccc(N4C(=O)CC(N(C(=O)C5CCCCC5)C5CCCCC5)C4=O)cc3)sc2c1. The Labute approximate surface area is 228 Å². The van der Waals surface area contributed by atoms with Gasteiger partial charge in [0.15, 0.2) is 0 Å². The highest BCUT2D eigenvalue weighted by Gasteiger charge is 2.47. The number of imide groups is 1. The van der Waals surface area contributed by atoms with Crippen LogP contribution in [0, 0.1) is 12.8 Å². The van der Waals surface area contributed by atoms with Crippen molar-refractivity contribution in [1.82, 2.24) is 9.88 Å². The fourth-order valence-corrected chi connectivity index (χ4v) is 7.59. The quantitative estimate of drug-likeness (QED) is 0.347. The zero-order valence-corrected chi connectivity index (χ0v) is 22.8. The van der Waals surface area contributed by atoms with Crippen LogP contribution in [0.1, 0.15) is 76.2 Å². The van der Waals surface area contributed by atoms with Crippen LogP contribution in [0.5, 0.6) is 0 Å². The molecule has 1 unspecified atom stereocenters. The van der Waals surface area contributed by atoms with Crippen molar-refractivity contribution in [3.05, 3.63) is 48.0 Å². The zero-order chi connectivity index (χ0) is 26.2. The van der Waals surface area contributed by atoms with E-state index >= 15 is 0 Å². The van der Waals surface area contributed by atoms with Crippen LogP contribution in [0.25, 0.3) is 20.8 Å². The Hall–Kier alpha value is -3.06. The largest absolute Gasteiger partial charge is 0.327 e. The maximum absolute atomic E-state index is 13.8. The van der Waals surface area contributed by atoms with Crippen LogP contribution in [0.2, 0.25) is 0 Å². The molecule has 2 aromatic carbocycles. The number of thiazole rings is 1. The van der Waals surface area contributed by atoms with Gasteiger partial charge in [0.1, 0.15) is 11.0 Å². The predicted molar refractivity (Wildman–Crippen MR) is 151 cm³/mol. The third-order valence-electron chi connectivity index (χ3n) is 8.55. The second-order valence-electron chi connectivity index (χ2n) is 11.2. The lowest BCUT2D eigenvalue weighted by molar-refractivity contribution is -0.146. The Morgan fingerprint density at radius 2 is 1.61 bits per heavy atom. The first kappa shape index (κ1) is 25.2. The first-order valence-corrected chi connectivity index (χ1v) is 15.0. The van der Waals surface area contributed by atoms with Gasteiger partial charge in [-0.15, -0.1) is 11.3 Å². The van der Waals surface area contributed by atoms with Gasteiger partial charge < -0.3 is 4.90 Å². The van der Waals surface area contributed by atoms with Crippen molar-refractivity contribution in [3.8, 4) is 10.6 Å². The third-order valence-corrected chi connectivity index (χ3v) is 9.62. The van der Waals surface area contributed by atoms with E-state index in [1.54, 1.807) is 11.3 Å². The molecule has 0 radical (unpaired) electrons. The lowest BCUT2D eigenvalue weighted by atomic mass is 9.86. The molecule has 2 saturated carbocycles. The number of aryl methyl sites for hydroxylation is 1. The molecule has 3 amide bonds. The fraction of sp³-hybridized carbons (Fsp3) is 0.484. The molecule has 2 heterocycles. The fourth-order valence-electron chi connectivity index (χ4n) is 6.52. The predicted octanol–water partition coefficient (Wildman–Crippen LogP) is 6.65. The van der Waals surface area contributed by atoms with Crippen LogP contribution >= 0.6 is 11.3 Å². The Bertz CT molecular complexity index is 1350. The van der Waals surface area contributed by atoms with E-state index < -0.39 is 6.04 Å². The van der Waals surface area contributed by atoms with Crippen molar-refractivity contribution in [2.75, 3.05) is 4.90 Å². The normalized spacial score (nSPS) is 21.4. The lowest BCUT2D eigenvalue weighted by Crippen LogP contribution is -2.53. The highest BCUT2D eigenvalue weighted by atomic mass is 32.1. The second kappa shape index (κ2) is 10.6. The average Bonchev–Trinajstić information content (AvgIpc) is 3.49. The first-order valence-electron chi connectivity index (χ1n) is 14.2. The van der Waals surface area contributed by atoms with Gasteiger partial charge >= 0.3 is 0 Å². The Morgan fingerprint density at radius 1 is 0.921 bits per heavy atom. The Kier molecular flexibility index (Phi) is 7.04. The van der Waals surface area contributed by atoms with Crippen molar-refractivity contribution in [3.63, 3.8) is 0 Å². The molecule has 6 nitrogen and oxygen atoms in total. The van der Waals surface area contributed by atoms with Gasteiger partial charge in [0.05, 0.1) is 22.3 Å². The molecular weight excluding hydrogens is 494 g/mol. The van der Waals surface area contributed by atoms with Crippen molar-refractivity contribution < 1.29 is 14.4 Å². The average molecular weight is 530 g/mol. The minimum atomic E-state index is -0.688. The first-order chi connectivity index (χ1) is 18.5. The number of hydrogen-bond donors (Lipinski definition) is 0. The van der Waals surface area contributed by atoms with E-state index in [4.69, 9.17) is 4.98 Å². The van der Waals surface area contributed by atoms with Gasteiger partial charge in [0.25, 0.3) is 5.91 Å². The lowest BCUT2D eigenvalue weighted by Gasteiger charge is -2.40. The zero-order valence-electron chi connectivity index (χ0n) is 22.0. The number of aromatic nitrogens is 1. The summed E-state index contributed by atoms with van der Waals surface area (Å²) in [6.45, 7) is 2.07. The van der Waals surface area contributed by atoms with E-state index in [9.17, 15) is 14.4 Å². The van der Waals surface area contributed by atoms with Gasteiger partial charge in [-0.25, -0.2) is 9.88 Å².